The summed E-state index contributed by atoms with van der Waals surface area (Å²) in [5.74, 6) is -0.0157. The van der Waals surface area contributed by atoms with Crippen molar-refractivity contribution in [1.82, 2.24) is 19.5 Å². The lowest BCUT2D eigenvalue weighted by Crippen LogP contribution is -2.17. The fraction of sp³-hybridized carbons (Fsp3) is 0.400. The number of hydrogen-bond donors (Lipinski definition) is 2. The molecule has 0 saturated heterocycles. The third kappa shape index (κ3) is 2.03. The number of aromatic nitrogens is 4. The van der Waals surface area contributed by atoms with Crippen molar-refractivity contribution in [3.8, 4) is 0 Å². The number of H-pyrrole nitrogens is 1. The van der Waals surface area contributed by atoms with E-state index in [1.807, 2.05) is 13.8 Å². The number of nitrogens with one attached hydrogen (secondary N) is 1. The molecule has 2 aromatic rings. The second-order valence-corrected chi connectivity index (χ2v) is 4.12. The molecule has 0 radical (unpaired) electrons. The predicted molar refractivity (Wildman–Crippen MR) is 62.4 cm³/mol. The van der Waals surface area contributed by atoms with E-state index in [0.717, 1.165) is 0 Å². The molecule has 0 aromatic carbocycles. The number of carbonyl (C=O) groups is 1. The summed E-state index contributed by atoms with van der Waals surface area (Å²) >= 11 is 0. The van der Waals surface area contributed by atoms with Crippen molar-refractivity contribution >= 4 is 22.9 Å². The molecule has 0 saturated carbocycles. The normalized spacial score (nSPS) is 11.2. The van der Waals surface area contributed by atoms with Crippen molar-refractivity contribution in [3.63, 3.8) is 0 Å². The van der Waals surface area contributed by atoms with Crippen molar-refractivity contribution in [2.24, 2.45) is 5.92 Å². The zero-order valence-electron chi connectivity index (χ0n) is 9.60. The van der Waals surface area contributed by atoms with Gasteiger partial charge in [-0.25, -0.2) is 4.98 Å². The standard InChI is InChI=1S/C10H13N5O2/c1-5(2)6(16)3-15-4-12-7-8(15)13-10(11)14-9(7)17/h4-5H,3H2,1-2H3,(H3,11,13,14,17). The van der Waals surface area contributed by atoms with E-state index in [9.17, 15) is 9.59 Å². The third-order valence-corrected chi connectivity index (χ3v) is 2.46. The number of hydrogen-bond acceptors (Lipinski definition) is 5. The van der Waals surface area contributed by atoms with E-state index in [1.54, 1.807) is 0 Å². The van der Waals surface area contributed by atoms with E-state index in [4.69, 9.17) is 5.73 Å². The van der Waals surface area contributed by atoms with Crippen molar-refractivity contribution in [1.29, 1.82) is 0 Å². The van der Waals surface area contributed by atoms with E-state index >= 15 is 0 Å². The van der Waals surface area contributed by atoms with Crippen LogP contribution in [-0.4, -0.2) is 25.3 Å². The molecule has 17 heavy (non-hydrogen) atoms. The monoisotopic (exact) mass is 235 g/mol. The second kappa shape index (κ2) is 4.00. The largest absolute Gasteiger partial charge is 0.369 e. The first-order chi connectivity index (χ1) is 7.99. The first-order valence-electron chi connectivity index (χ1n) is 5.22. The lowest BCUT2D eigenvalue weighted by Gasteiger charge is -2.05. The Morgan fingerprint density at radius 3 is 2.94 bits per heavy atom. The van der Waals surface area contributed by atoms with Crippen LogP contribution in [0.15, 0.2) is 11.1 Å². The quantitative estimate of drug-likeness (QED) is 0.774. The maximum atomic E-state index is 11.6. The number of carbonyl (C=O) groups excluding carboxylic acids is 1. The summed E-state index contributed by atoms with van der Waals surface area (Å²) < 4.78 is 1.53. The Morgan fingerprint density at radius 1 is 1.59 bits per heavy atom. The zero-order valence-corrected chi connectivity index (χ0v) is 9.60. The van der Waals surface area contributed by atoms with E-state index in [1.165, 1.54) is 10.9 Å². The van der Waals surface area contributed by atoms with Crippen LogP contribution in [0.2, 0.25) is 0 Å². The smallest absolute Gasteiger partial charge is 0.280 e. The number of nitrogens with zero attached hydrogens (tertiary/aromatic N) is 3. The van der Waals surface area contributed by atoms with Crippen molar-refractivity contribution < 1.29 is 4.79 Å². The van der Waals surface area contributed by atoms with E-state index in [2.05, 4.69) is 15.0 Å². The highest BCUT2D eigenvalue weighted by atomic mass is 16.1. The molecule has 0 aliphatic rings. The first kappa shape index (κ1) is 11.3. The van der Waals surface area contributed by atoms with Gasteiger partial charge in [0.1, 0.15) is 0 Å². The molecule has 0 fully saturated rings. The van der Waals surface area contributed by atoms with Gasteiger partial charge < -0.3 is 10.3 Å². The molecule has 0 unspecified atom stereocenters. The van der Waals surface area contributed by atoms with Gasteiger partial charge in [-0.05, 0) is 0 Å². The Labute approximate surface area is 96.7 Å². The Hall–Kier alpha value is -2.18. The van der Waals surface area contributed by atoms with Gasteiger partial charge in [0.15, 0.2) is 16.9 Å². The van der Waals surface area contributed by atoms with Gasteiger partial charge in [-0.15, -0.1) is 0 Å². The molecule has 2 aromatic heterocycles. The molecule has 7 nitrogen and oxygen atoms in total. The number of anilines is 1. The fourth-order valence-corrected chi connectivity index (χ4v) is 1.44. The molecule has 2 rings (SSSR count). The Morgan fingerprint density at radius 2 is 2.29 bits per heavy atom. The van der Waals surface area contributed by atoms with Crippen LogP contribution >= 0.6 is 0 Å². The van der Waals surface area contributed by atoms with Gasteiger partial charge in [0, 0.05) is 5.92 Å². The molecule has 0 spiro atoms. The molecule has 0 aliphatic heterocycles. The van der Waals surface area contributed by atoms with Crippen molar-refractivity contribution in [2.45, 2.75) is 20.4 Å². The van der Waals surface area contributed by atoms with Crippen LogP contribution in [-0.2, 0) is 11.3 Å². The average molecular weight is 235 g/mol. The van der Waals surface area contributed by atoms with E-state index < -0.39 is 5.56 Å². The van der Waals surface area contributed by atoms with Gasteiger partial charge in [0.2, 0.25) is 5.95 Å². The summed E-state index contributed by atoms with van der Waals surface area (Å²) in [5, 5.41) is 0. The number of aromatic amines is 1. The molecule has 7 heteroatoms. The summed E-state index contributed by atoms with van der Waals surface area (Å²) in [5.41, 5.74) is 5.57. The predicted octanol–water partition coefficient (Wildman–Crippen LogP) is -0.0731. The minimum atomic E-state index is -0.400. The highest BCUT2D eigenvalue weighted by molar-refractivity contribution is 5.82. The van der Waals surface area contributed by atoms with Gasteiger partial charge in [-0.1, -0.05) is 13.8 Å². The highest BCUT2D eigenvalue weighted by Gasteiger charge is 2.13. The number of nitrogens with two attached hydrogens (primary N) is 1. The van der Waals surface area contributed by atoms with Crippen LogP contribution in [0.25, 0.3) is 11.2 Å². The maximum absolute atomic E-state index is 11.6. The van der Waals surface area contributed by atoms with Gasteiger partial charge in [0.05, 0.1) is 12.9 Å². The lowest BCUT2D eigenvalue weighted by atomic mass is 10.1. The van der Waals surface area contributed by atoms with Gasteiger partial charge in [0.25, 0.3) is 5.56 Å². The second-order valence-electron chi connectivity index (χ2n) is 4.12. The Kier molecular flexibility index (Phi) is 2.66. The first-order valence-corrected chi connectivity index (χ1v) is 5.22. The Bertz CT molecular complexity index is 625. The molecule has 3 N–H and O–H groups in total. The van der Waals surface area contributed by atoms with Crippen molar-refractivity contribution in [3.05, 3.63) is 16.7 Å². The molecule has 0 bridgehead atoms. The highest BCUT2D eigenvalue weighted by Crippen LogP contribution is 2.07. The average Bonchev–Trinajstić information content (AvgIpc) is 2.61. The summed E-state index contributed by atoms with van der Waals surface area (Å²) in [6.45, 7) is 3.77. The zero-order chi connectivity index (χ0) is 12.6. The summed E-state index contributed by atoms with van der Waals surface area (Å²) in [6.07, 6.45) is 1.42. The lowest BCUT2D eigenvalue weighted by molar-refractivity contribution is -0.122. The molecule has 0 amide bonds. The molecule has 0 atom stereocenters. The summed E-state index contributed by atoms with van der Waals surface area (Å²) in [4.78, 5) is 33.4. The van der Waals surface area contributed by atoms with Gasteiger partial charge in [-0.3, -0.25) is 14.6 Å². The number of Topliss-reactive ketones (excluding diaryl/α,β-unsaturated/α-hetero) is 1. The number of rotatable bonds is 3. The molecule has 2 heterocycles. The van der Waals surface area contributed by atoms with Gasteiger partial charge in [-0.2, -0.15) is 4.98 Å². The minimum Gasteiger partial charge on any atom is -0.369 e. The van der Waals surface area contributed by atoms with Crippen molar-refractivity contribution in [2.75, 3.05) is 5.73 Å². The fourth-order valence-electron chi connectivity index (χ4n) is 1.44. The number of imidazole rings is 1. The Balaban J connectivity index is 2.49. The van der Waals surface area contributed by atoms with Crippen LogP contribution in [0.1, 0.15) is 13.8 Å². The molecule has 0 aliphatic carbocycles. The van der Waals surface area contributed by atoms with Gasteiger partial charge >= 0.3 is 0 Å². The minimum absolute atomic E-state index is 0.0150. The number of fused-ring (bicyclic) bond motifs is 1. The summed E-state index contributed by atoms with van der Waals surface area (Å²) in [7, 11) is 0. The molecular weight excluding hydrogens is 222 g/mol. The summed E-state index contributed by atoms with van der Waals surface area (Å²) in [6, 6.07) is 0. The van der Waals surface area contributed by atoms with Crippen LogP contribution in [0.5, 0.6) is 0 Å². The van der Waals surface area contributed by atoms with Crippen LogP contribution in [0.4, 0.5) is 5.95 Å². The van der Waals surface area contributed by atoms with Crippen LogP contribution in [0.3, 0.4) is 0 Å². The molecule has 90 valence electrons. The third-order valence-electron chi connectivity index (χ3n) is 2.46. The topological polar surface area (TPSA) is 107 Å². The number of ketones is 1. The number of nitrogen functional groups attached to an aromatic ring is 1. The van der Waals surface area contributed by atoms with Crippen LogP contribution in [0, 0.1) is 5.92 Å². The molecular formula is C10H13N5O2. The van der Waals surface area contributed by atoms with Crippen LogP contribution < -0.4 is 11.3 Å². The van der Waals surface area contributed by atoms with E-state index in [0.29, 0.717) is 5.65 Å². The maximum Gasteiger partial charge on any atom is 0.280 e. The van der Waals surface area contributed by atoms with E-state index in [-0.39, 0.29) is 29.7 Å². The SMILES string of the molecule is CC(C)C(=O)Cn1cnc2c(=O)[nH]c(N)nc21.